The Morgan fingerprint density at radius 2 is 1.81 bits per heavy atom. The summed E-state index contributed by atoms with van der Waals surface area (Å²) in [6.07, 6.45) is 7.09. The SMILES string of the molecule is CCCCCCCCNc1nc(NC)nc(C)c1[N+](=O)[O-]. The van der Waals surface area contributed by atoms with Gasteiger partial charge in [-0.15, -0.1) is 0 Å². The van der Waals surface area contributed by atoms with Gasteiger partial charge < -0.3 is 10.6 Å². The average Bonchev–Trinajstić information content (AvgIpc) is 2.45. The molecular weight excluding hydrogens is 270 g/mol. The predicted octanol–water partition coefficient (Wildman–Crippen LogP) is 3.51. The molecule has 0 aromatic carbocycles. The molecule has 0 amide bonds. The normalized spacial score (nSPS) is 10.4. The monoisotopic (exact) mass is 295 g/mol. The van der Waals surface area contributed by atoms with E-state index >= 15 is 0 Å². The summed E-state index contributed by atoms with van der Waals surface area (Å²) in [7, 11) is 1.69. The second-order valence-electron chi connectivity index (χ2n) is 5.03. The van der Waals surface area contributed by atoms with Gasteiger partial charge in [-0.1, -0.05) is 39.0 Å². The molecule has 7 nitrogen and oxygen atoms in total. The van der Waals surface area contributed by atoms with Crippen LogP contribution in [0.2, 0.25) is 0 Å². The van der Waals surface area contributed by atoms with Gasteiger partial charge in [0.15, 0.2) is 0 Å². The first kappa shape index (κ1) is 17.1. The van der Waals surface area contributed by atoms with Crippen molar-refractivity contribution < 1.29 is 4.92 Å². The van der Waals surface area contributed by atoms with Crippen LogP contribution in [0.3, 0.4) is 0 Å². The van der Waals surface area contributed by atoms with Crippen LogP contribution in [0.1, 0.15) is 51.1 Å². The lowest BCUT2D eigenvalue weighted by Crippen LogP contribution is -2.10. The third-order valence-corrected chi connectivity index (χ3v) is 3.29. The highest BCUT2D eigenvalue weighted by Gasteiger charge is 2.21. The molecule has 0 fully saturated rings. The minimum absolute atomic E-state index is 0.0417. The van der Waals surface area contributed by atoms with Crippen LogP contribution in [0.15, 0.2) is 0 Å². The smallest absolute Gasteiger partial charge is 0.332 e. The van der Waals surface area contributed by atoms with E-state index in [1.807, 2.05) is 0 Å². The van der Waals surface area contributed by atoms with Crippen molar-refractivity contribution in [2.45, 2.75) is 52.4 Å². The molecule has 0 saturated heterocycles. The lowest BCUT2D eigenvalue weighted by Gasteiger charge is -2.09. The van der Waals surface area contributed by atoms with Gasteiger partial charge in [-0.05, 0) is 13.3 Å². The fraction of sp³-hybridized carbons (Fsp3) is 0.714. The Morgan fingerprint density at radius 3 is 2.43 bits per heavy atom. The zero-order chi connectivity index (χ0) is 15.7. The second-order valence-corrected chi connectivity index (χ2v) is 5.03. The number of rotatable bonds is 10. The molecule has 118 valence electrons. The van der Waals surface area contributed by atoms with Gasteiger partial charge in [0.2, 0.25) is 11.8 Å². The molecule has 7 heteroatoms. The van der Waals surface area contributed by atoms with Gasteiger partial charge in [0.1, 0.15) is 5.69 Å². The van der Waals surface area contributed by atoms with E-state index < -0.39 is 4.92 Å². The lowest BCUT2D eigenvalue weighted by molar-refractivity contribution is -0.385. The number of nitrogens with zero attached hydrogens (tertiary/aromatic N) is 3. The Balaban J connectivity index is 2.56. The summed E-state index contributed by atoms with van der Waals surface area (Å²) in [5, 5.41) is 17.0. The van der Waals surface area contributed by atoms with E-state index in [2.05, 4.69) is 27.5 Å². The number of hydrogen-bond donors (Lipinski definition) is 2. The van der Waals surface area contributed by atoms with Crippen molar-refractivity contribution in [3.8, 4) is 0 Å². The largest absolute Gasteiger partial charge is 0.364 e. The summed E-state index contributed by atoms with van der Waals surface area (Å²) in [6.45, 7) is 4.50. The molecule has 1 aromatic rings. The van der Waals surface area contributed by atoms with Gasteiger partial charge in [0.05, 0.1) is 4.92 Å². The van der Waals surface area contributed by atoms with Gasteiger partial charge in [-0.3, -0.25) is 10.1 Å². The third kappa shape index (κ3) is 5.53. The first-order valence-electron chi connectivity index (χ1n) is 7.54. The number of hydrogen-bond acceptors (Lipinski definition) is 6. The number of nitro groups is 1. The first-order valence-corrected chi connectivity index (χ1v) is 7.54. The van der Waals surface area contributed by atoms with Crippen LogP contribution in [0.4, 0.5) is 17.5 Å². The van der Waals surface area contributed by atoms with E-state index in [1.54, 1.807) is 14.0 Å². The number of aromatic nitrogens is 2. The van der Waals surface area contributed by atoms with E-state index in [4.69, 9.17) is 0 Å². The molecule has 0 aliphatic heterocycles. The Kier molecular flexibility index (Phi) is 7.42. The van der Waals surface area contributed by atoms with Crippen LogP contribution in [0, 0.1) is 17.0 Å². The van der Waals surface area contributed by atoms with Gasteiger partial charge >= 0.3 is 5.69 Å². The van der Waals surface area contributed by atoms with Crippen LogP contribution in [-0.4, -0.2) is 28.5 Å². The van der Waals surface area contributed by atoms with Crippen molar-refractivity contribution in [1.82, 2.24) is 9.97 Å². The van der Waals surface area contributed by atoms with Crippen molar-refractivity contribution in [2.75, 3.05) is 24.2 Å². The fourth-order valence-corrected chi connectivity index (χ4v) is 2.13. The highest BCUT2D eigenvalue weighted by molar-refractivity contribution is 5.60. The number of unbranched alkanes of at least 4 members (excludes halogenated alkanes) is 5. The van der Waals surface area contributed by atoms with Crippen LogP contribution < -0.4 is 10.6 Å². The van der Waals surface area contributed by atoms with E-state index in [9.17, 15) is 10.1 Å². The van der Waals surface area contributed by atoms with Crippen LogP contribution in [0.5, 0.6) is 0 Å². The van der Waals surface area contributed by atoms with Gasteiger partial charge in [0, 0.05) is 13.6 Å². The number of anilines is 2. The molecule has 0 radical (unpaired) electrons. The molecular formula is C14H25N5O2. The topological polar surface area (TPSA) is 93.0 Å². The van der Waals surface area contributed by atoms with Gasteiger partial charge in [0.25, 0.3) is 0 Å². The van der Waals surface area contributed by atoms with E-state index in [0.29, 0.717) is 24.0 Å². The van der Waals surface area contributed by atoms with Crippen LogP contribution >= 0.6 is 0 Å². The summed E-state index contributed by atoms with van der Waals surface area (Å²) in [6, 6.07) is 0. The zero-order valence-corrected chi connectivity index (χ0v) is 13.1. The Morgan fingerprint density at radius 1 is 1.14 bits per heavy atom. The first-order chi connectivity index (χ1) is 10.1. The predicted molar refractivity (Wildman–Crippen MR) is 84.8 cm³/mol. The van der Waals surface area contributed by atoms with Crippen molar-refractivity contribution in [3.63, 3.8) is 0 Å². The summed E-state index contributed by atoms with van der Waals surface area (Å²) < 4.78 is 0. The lowest BCUT2D eigenvalue weighted by atomic mass is 10.1. The molecule has 0 spiro atoms. The summed E-state index contributed by atoms with van der Waals surface area (Å²) >= 11 is 0. The molecule has 1 aromatic heterocycles. The Hall–Kier alpha value is -1.92. The quantitative estimate of drug-likeness (QED) is 0.390. The maximum atomic E-state index is 11.1. The molecule has 0 atom stereocenters. The van der Waals surface area contributed by atoms with Crippen molar-refractivity contribution >= 4 is 17.5 Å². The Bertz CT molecular complexity index is 465. The minimum Gasteiger partial charge on any atom is -0.364 e. The maximum Gasteiger partial charge on any atom is 0.332 e. The molecule has 0 bridgehead atoms. The van der Waals surface area contributed by atoms with Crippen molar-refractivity contribution in [3.05, 3.63) is 15.8 Å². The maximum absolute atomic E-state index is 11.1. The van der Waals surface area contributed by atoms with Crippen LogP contribution in [0.25, 0.3) is 0 Å². The van der Waals surface area contributed by atoms with Gasteiger partial charge in [-0.25, -0.2) is 4.98 Å². The highest BCUT2D eigenvalue weighted by atomic mass is 16.6. The van der Waals surface area contributed by atoms with E-state index in [0.717, 1.165) is 12.8 Å². The minimum atomic E-state index is -0.432. The second kappa shape index (κ2) is 9.10. The summed E-state index contributed by atoms with van der Waals surface area (Å²) in [5.41, 5.74) is 0.324. The van der Waals surface area contributed by atoms with E-state index in [1.165, 1.54) is 25.7 Å². The highest BCUT2D eigenvalue weighted by Crippen LogP contribution is 2.26. The summed E-state index contributed by atoms with van der Waals surface area (Å²) in [4.78, 5) is 18.9. The molecule has 0 unspecified atom stereocenters. The average molecular weight is 295 g/mol. The van der Waals surface area contributed by atoms with Crippen molar-refractivity contribution in [2.24, 2.45) is 0 Å². The molecule has 0 aliphatic carbocycles. The van der Waals surface area contributed by atoms with Crippen molar-refractivity contribution in [1.29, 1.82) is 0 Å². The molecule has 2 N–H and O–H groups in total. The number of nitrogens with one attached hydrogen (secondary N) is 2. The fourth-order valence-electron chi connectivity index (χ4n) is 2.13. The van der Waals surface area contributed by atoms with Gasteiger partial charge in [-0.2, -0.15) is 4.98 Å². The molecule has 0 aliphatic rings. The van der Waals surface area contributed by atoms with Crippen LogP contribution in [-0.2, 0) is 0 Å². The van der Waals surface area contributed by atoms with E-state index in [-0.39, 0.29) is 5.69 Å². The molecule has 1 rings (SSSR count). The third-order valence-electron chi connectivity index (χ3n) is 3.29. The standard InChI is InChI=1S/C14H25N5O2/c1-4-5-6-7-8-9-10-16-13-12(19(20)21)11(2)17-14(15-3)18-13/h4-10H2,1-3H3,(H2,15,16,17,18). The Labute approximate surface area is 125 Å². The summed E-state index contributed by atoms with van der Waals surface area (Å²) in [5.74, 6) is 0.689. The molecule has 0 saturated carbocycles. The zero-order valence-electron chi connectivity index (χ0n) is 13.1. The number of aryl methyl sites for hydroxylation is 1. The molecule has 1 heterocycles. The molecule has 21 heavy (non-hydrogen) atoms.